The zero-order chi connectivity index (χ0) is 8.27. The van der Waals surface area contributed by atoms with Crippen molar-refractivity contribution in [2.24, 2.45) is 5.73 Å². The van der Waals surface area contributed by atoms with E-state index in [1.807, 2.05) is 19.1 Å². The van der Waals surface area contributed by atoms with Gasteiger partial charge in [0.15, 0.2) is 0 Å². The molecule has 0 bridgehead atoms. The number of benzene rings is 1. The summed E-state index contributed by atoms with van der Waals surface area (Å²) < 4.78 is 5.11. The number of rotatable bonds is 2. The molecule has 0 fully saturated rings. The number of hydrogen-bond acceptors (Lipinski definition) is 2. The third kappa shape index (κ3) is 2.10. The van der Waals surface area contributed by atoms with Gasteiger partial charge in [0, 0.05) is 5.02 Å². The number of nitrogens with two attached hydrogens (primary N) is 1. The molecule has 60 valence electrons. The molecule has 0 aliphatic carbocycles. The van der Waals surface area contributed by atoms with E-state index in [1.54, 1.807) is 6.07 Å². The molecule has 0 aromatic heterocycles. The SMILES string of the molecule is Cc1cc(Cl)ccc1OCN. The summed E-state index contributed by atoms with van der Waals surface area (Å²) in [5, 5.41) is 0.715. The van der Waals surface area contributed by atoms with Crippen molar-refractivity contribution in [1.82, 2.24) is 0 Å². The van der Waals surface area contributed by atoms with Crippen LogP contribution >= 0.6 is 11.6 Å². The second-order valence-electron chi connectivity index (χ2n) is 2.22. The van der Waals surface area contributed by atoms with Gasteiger partial charge in [-0.25, -0.2) is 0 Å². The third-order valence-electron chi connectivity index (χ3n) is 1.38. The van der Waals surface area contributed by atoms with Crippen molar-refractivity contribution in [3.05, 3.63) is 28.8 Å². The van der Waals surface area contributed by atoms with Crippen LogP contribution in [0.25, 0.3) is 0 Å². The van der Waals surface area contributed by atoms with Crippen LogP contribution in [0.15, 0.2) is 18.2 Å². The predicted octanol–water partition coefficient (Wildman–Crippen LogP) is 1.94. The molecule has 0 saturated carbocycles. The highest BCUT2D eigenvalue weighted by atomic mass is 35.5. The van der Waals surface area contributed by atoms with Crippen molar-refractivity contribution in [2.75, 3.05) is 6.73 Å². The molecule has 0 unspecified atom stereocenters. The molecule has 0 heterocycles. The Morgan fingerprint density at radius 3 is 2.82 bits per heavy atom. The largest absolute Gasteiger partial charge is 0.478 e. The third-order valence-corrected chi connectivity index (χ3v) is 1.61. The molecule has 0 spiro atoms. The van der Waals surface area contributed by atoms with E-state index in [0.717, 1.165) is 11.3 Å². The van der Waals surface area contributed by atoms with Crippen LogP contribution in [-0.4, -0.2) is 6.73 Å². The molecular formula is C8H10ClNO. The van der Waals surface area contributed by atoms with E-state index in [1.165, 1.54) is 0 Å². The number of ether oxygens (including phenoxy) is 1. The lowest BCUT2D eigenvalue weighted by Crippen LogP contribution is -2.07. The van der Waals surface area contributed by atoms with Crippen LogP contribution in [-0.2, 0) is 0 Å². The summed E-state index contributed by atoms with van der Waals surface area (Å²) in [6, 6.07) is 5.43. The van der Waals surface area contributed by atoms with Crippen molar-refractivity contribution >= 4 is 11.6 Å². The molecule has 2 N–H and O–H groups in total. The van der Waals surface area contributed by atoms with Crippen LogP contribution in [0.1, 0.15) is 5.56 Å². The molecule has 0 saturated heterocycles. The minimum Gasteiger partial charge on any atom is -0.478 e. The van der Waals surface area contributed by atoms with Gasteiger partial charge in [0.2, 0.25) is 0 Å². The molecule has 2 nitrogen and oxygen atoms in total. The van der Waals surface area contributed by atoms with Crippen molar-refractivity contribution in [1.29, 1.82) is 0 Å². The zero-order valence-electron chi connectivity index (χ0n) is 6.30. The quantitative estimate of drug-likeness (QED) is 0.691. The lowest BCUT2D eigenvalue weighted by Gasteiger charge is -2.05. The van der Waals surface area contributed by atoms with E-state index in [-0.39, 0.29) is 6.73 Å². The monoisotopic (exact) mass is 171 g/mol. The van der Waals surface area contributed by atoms with Gasteiger partial charge in [-0.2, -0.15) is 0 Å². The first-order valence-corrected chi connectivity index (χ1v) is 3.71. The van der Waals surface area contributed by atoms with Gasteiger partial charge < -0.3 is 4.74 Å². The molecule has 0 atom stereocenters. The van der Waals surface area contributed by atoms with Gasteiger partial charge in [-0.3, -0.25) is 5.73 Å². The normalized spacial score (nSPS) is 9.73. The fourth-order valence-electron chi connectivity index (χ4n) is 0.865. The Hall–Kier alpha value is -0.730. The first-order valence-electron chi connectivity index (χ1n) is 3.33. The Labute approximate surface area is 70.9 Å². The molecule has 0 aliphatic rings. The second-order valence-corrected chi connectivity index (χ2v) is 2.66. The first kappa shape index (κ1) is 8.37. The number of aryl methyl sites for hydroxylation is 1. The average Bonchev–Trinajstić information content (AvgIpc) is 1.95. The summed E-state index contributed by atoms with van der Waals surface area (Å²) in [7, 11) is 0. The van der Waals surface area contributed by atoms with Gasteiger partial charge in [0.1, 0.15) is 12.5 Å². The van der Waals surface area contributed by atoms with Gasteiger partial charge in [-0.1, -0.05) is 11.6 Å². The lowest BCUT2D eigenvalue weighted by atomic mass is 10.2. The maximum atomic E-state index is 5.73. The maximum Gasteiger partial charge on any atom is 0.137 e. The van der Waals surface area contributed by atoms with E-state index in [9.17, 15) is 0 Å². The Bertz CT molecular complexity index is 250. The van der Waals surface area contributed by atoms with Crippen molar-refractivity contribution in [3.63, 3.8) is 0 Å². The fourth-order valence-corrected chi connectivity index (χ4v) is 1.09. The minimum absolute atomic E-state index is 0.197. The Morgan fingerprint density at radius 2 is 2.27 bits per heavy atom. The van der Waals surface area contributed by atoms with Gasteiger partial charge in [-0.15, -0.1) is 0 Å². The maximum absolute atomic E-state index is 5.73. The fraction of sp³-hybridized carbons (Fsp3) is 0.250. The Morgan fingerprint density at radius 1 is 1.55 bits per heavy atom. The standard InChI is InChI=1S/C8H10ClNO/c1-6-4-7(9)2-3-8(6)11-5-10/h2-4H,5,10H2,1H3. The Kier molecular flexibility index (Phi) is 2.74. The molecule has 1 aromatic carbocycles. The van der Waals surface area contributed by atoms with Crippen LogP contribution in [0.2, 0.25) is 5.02 Å². The highest BCUT2D eigenvalue weighted by Gasteiger charge is 1.97. The molecular weight excluding hydrogens is 162 g/mol. The molecule has 0 amide bonds. The molecule has 11 heavy (non-hydrogen) atoms. The lowest BCUT2D eigenvalue weighted by molar-refractivity contribution is 0.327. The van der Waals surface area contributed by atoms with E-state index >= 15 is 0 Å². The van der Waals surface area contributed by atoms with E-state index < -0.39 is 0 Å². The Balaban J connectivity index is 2.90. The average molecular weight is 172 g/mol. The molecule has 0 radical (unpaired) electrons. The van der Waals surface area contributed by atoms with Crippen LogP contribution in [0.4, 0.5) is 0 Å². The first-order chi connectivity index (χ1) is 5.24. The molecule has 1 aromatic rings. The summed E-state index contributed by atoms with van der Waals surface area (Å²) in [4.78, 5) is 0. The van der Waals surface area contributed by atoms with E-state index in [0.29, 0.717) is 5.02 Å². The van der Waals surface area contributed by atoms with Crippen LogP contribution in [0, 0.1) is 6.92 Å². The van der Waals surface area contributed by atoms with E-state index in [2.05, 4.69) is 0 Å². The van der Waals surface area contributed by atoms with Crippen molar-refractivity contribution in [3.8, 4) is 5.75 Å². The van der Waals surface area contributed by atoms with Crippen LogP contribution in [0.3, 0.4) is 0 Å². The number of halogens is 1. The predicted molar refractivity (Wildman–Crippen MR) is 45.9 cm³/mol. The smallest absolute Gasteiger partial charge is 0.137 e. The summed E-state index contributed by atoms with van der Waals surface area (Å²) >= 11 is 5.73. The summed E-state index contributed by atoms with van der Waals surface area (Å²) in [5.74, 6) is 0.789. The van der Waals surface area contributed by atoms with Gasteiger partial charge in [0.25, 0.3) is 0 Å². The molecule has 0 aliphatic heterocycles. The highest BCUT2D eigenvalue weighted by molar-refractivity contribution is 6.30. The van der Waals surface area contributed by atoms with Gasteiger partial charge in [-0.05, 0) is 30.7 Å². The van der Waals surface area contributed by atoms with Gasteiger partial charge in [0.05, 0.1) is 0 Å². The van der Waals surface area contributed by atoms with Gasteiger partial charge >= 0.3 is 0 Å². The molecule has 1 rings (SSSR count). The molecule has 3 heteroatoms. The highest BCUT2D eigenvalue weighted by Crippen LogP contribution is 2.21. The summed E-state index contributed by atoms with van der Waals surface area (Å²) in [6.45, 7) is 2.12. The summed E-state index contributed by atoms with van der Waals surface area (Å²) in [5.41, 5.74) is 6.22. The number of hydrogen-bond donors (Lipinski definition) is 1. The topological polar surface area (TPSA) is 35.2 Å². The summed E-state index contributed by atoms with van der Waals surface area (Å²) in [6.07, 6.45) is 0. The van der Waals surface area contributed by atoms with Crippen molar-refractivity contribution < 1.29 is 4.74 Å². The zero-order valence-corrected chi connectivity index (χ0v) is 7.06. The van der Waals surface area contributed by atoms with Crippen molar-refractivity contribution in [2.45, 2.75) is 6.92 Å². The van der Waals surface area contributed by atoms with Crippen LogP contribution in [0.5, 0.6) is 5.75 Å². The second kappa shape index (κ2) is 3.60. The van der Waals surface area contributed by atoms with E-state index in [4.69, 9.17) is 22.1 Å². The van der Waals surface area contributed by atoms with Crippen LogP contribution < -0.4 is 10.5 Å². The minimum atomic E-state index is 0.197.